The number of benzene rings is 2. The molecular formula is C30H32F3N5O2S2. The molecule has 0 bridgehead atoms. The molecule has 2 aliphatic rings. The fourth-order valence-electron chi connectivity index (χ4n) is 5.71. The Bertz CT molecular complexity index is 1730. The molecule has 2 aromatic carbocycles. The molecule has 222 valence electrons. The van der Waals surface area contributed by atoms with E-state index < -0.39 is 21.8 Å². The van der Waals surface area contributed by atoms with Gasteiger partial charge in [-0.3, -0.25) is 0 Å². The van der Waals surface area contributed by atoms with E-state index in [9.17, 15) is 21.6 Å². The fourth-order valence-corrected chi connectivity index (χ4v) is 8.56. The SMILES string of the molecule is CC1CCc2c(sc3nc(-c4ccc(N(C)C)cc4)nc(N4CCN(S(=O)(=O)c5cccc(C(F)(F)F)c5)CC4)c23)C1. The maximum Gasteiger partial charge on any atom is 0.416 e. The number of anilines is 2. The molecule has 1 aliphatic carbocycles. The monoisotopic (exact) mass is 615 g/mol. The number of rotatable bonds is 5. The molecule has 0 N–H and O–H groups in total. The van der Waals surface area contributed by atoms with Crippen molar-refractivity contribution in [2.24, 2.45) is 5.92 Å². The van der Waals surface area contributed by atoms with E-state index in [1.165, 1.54) is 20.8 Å². The highest BCUT2D eigenvalue weighted by Gasteiger charge is 2.35. The van der Waals surface area contributed by atoms with E-state index in [1.807, 2.05) is 43.3 Å². The van der Waals surface area contributed by atoms with Gasteiger partial charge in [0.25, 0.3) is 0 Å². The minimum absolute atomic E-state index is 0.139. The van der Waals surface area contributed by atoms with E-state index in [4.69, 9.17) is 9.97 Å². The summed E-state index contributed by atoms with van der Waals surface area (Å²) >= 11 is 1.72. The molecule has 3 heterocycles. The highest BCUT2D eigenvalue weighted by molar-refractivity contribution is 7.89. The van der Waals surface area contributed by atoms with Gasteiger partial charge in [-0.2, -0.15) is 17.5 Å². The molecule has 0 spiro atoms. The first kappa shape index (κ1) is 28.9. The second kappa shape index (κ2) is 10.8. The number of piperazine rings is 1. The molecule has 12 heteroatoms. The van der Waals surface area contributed by atoms with Crippen molar-refractivity contribution in [1.29, 1.82) is 0 Å². The van der Waals surface area contributed by atoms with Crippen molar-refractivity contribution in [2.45, 2.75) is 37.3 Å². The molecule has 4 aromatic rings. The molecule has 1 aliphatic heterocycles. The summed E-state index contributed by atoms with van der Waals surface area (Å²) < 4.78 is 67.7. The Morgan fingerprint density at radius 3 is 2.38 bits per heavy atom. The molecule has 7 nitrogen and oxygen atoms in total. The highest BCUT2D eigenvalue weighted by Crippen LogP contribution is 2.42. The van der Waals surface area contributed by atoms with Gasteiger partial charge in [0.05, 0.1) is 15.8 Å². The molecule has 1 unspecified atom stereocenters. The zero-order valence-electron chi connectivity index (χ0n) is 23.6. The van der Waals surface area contributed by atoms with Crippen molar-refractivity contribution in [3.8, 4) is 11.4 Å². The Labute approximate surface area is 247 Å². The summed E-state index contributed by atoms with van der Waals surface area (Å²) in [6.07, 6.45) is -1.57. The molecule has 1 saturated heterocycles. The van der Waals surface area contributed by atoms with Crippen LogP contribution in [0.3, 0.4) is 0 Å². The van der Waals surface area contributed by atoms with Gasteiger partial charge in [0.2, 0.25) is 10.0 Å². The summed E-state index contributed by atoms with van der Waals surface area (Å²) in [6, 6.07) is 12.0. The highest BCUT2D eigenvalue weighted by atomic mass is 32.2. The average Bonchev–Trinajstić information content (AvgIpc) is 3.34. The van der Waals surface area contributed by atoms with E-state index >= 15 is 0 Å². The minimum atomic E-state index is -4.62. The lowest BCUT2D eigenvalue weighted by Crippen LogP contribution is -2.49. The second-order valence-corrected chi connectivity index (χ2v) is 14.3. The molecule has 1 atom stereocenters. The van der Waals surface area contributed by atoms with Gasteiger partial charge in [0.1, 0.15) is 10.6 Å². The van der Waals surface area contributed by atoms with Crippen LogP contribution < -0.4 is 9.80 Å². The first-order valence-electron chi connectivity index (χ1n) is 13.9. The predicted octanol–water partition coefficient (Wildman–Crippen LogP) is 6.08. The van der Waals surface area contributed by atoms with Crippen LogP contribution in [0.15, 0.2) is 53.4 Å². The first-order valence-corrected chi connectivity index (χ1v) is 16.2. The lowest BCUT2D eigenvalue weighted by molar-refractivity contribution is -0.137. The van der Waals surface area contributed by atoms with E-state index in [0.29, 0.717) is 30.9 Å². The molecular weight excluding hydrogens is 583 g/mol. The lowest BCUT2D eigenvalue weighted by atomic mass is 9.89. The van der Waals surface area contributed by atoms with Gasteiger partial charge < -0.3 is 9.80 Å². The molecule has 0 radical (unpaired) electrons. The number of aromatic nitrogens is 2. The summed E-state index contributed by atoms with van der Waals surface area (Å²) in [7, 11) is -0.121. The van der Waals surface area contributed by atoms with Gasteiger partial charge >= 0.3 is 6.18 Å². The van der Waals surface area contributed by atoms with E-state index in [2.05, 4.69) is 11.8 Å². The van der Waals surface area contributed by atoms with Crippen LogP contribution in [-0.2, 0) is 29.0 Å². The largest absolute Gasteiger partial charge is 0.416 e. The van der Waals surface area contributed by atoms with Gasteiger partial charge in [-0.1, -0.05) is 13.0 Å². The Kier molecular flexibility index (Phi) is 7.43. The van der Waals surface area contributed by atoms with Crippen LogP contribution in [-0.4, -0.2) is 63.0 Å². The number of alkyl halides is 3. The number of halogens is 3. The Hall–Kier alpha value is -3.22. The Morgan fingerprint density at radius 1 is 1.00 bits per heavy atom. The summed E-state index contributed by atoms with van der Waals surface area (Å²) in [5.41, 5.74) is 2.28. The molecule has 0 saturated carbocycles. The number of hydrogen-bond acceptors (Lipinski definition) is 7. The Morgan fingerprint density at radius 2 is 1.71 bits per heavy atom. The zero-order chi connectivity index (χ0) is 29.8. The number of fused-ring (bicyclic) bond motifs is 3. The minimum Gasteiger partial charge on any atom is -0.378 e. The molecule has 6 rings (SSSR count). The smallest absolute Gasteiger partial charge is 0.378 e. The summed E-state index contributed by atoms with van der Waals surface area (Å²) in [6.45, 7) is 3.27. The molecule has 2 aromatic heterocycles. The van der Waals surface area contributed by atoms with Crippen molar-refractivity contribution in [3.05, 3.63) is 64.5 Å². The maximum absolute atomic E-state index is 13.3. The van der Waals surface area contributed by atoms with Crippen molar-refractivity contribution < 1.29 is 21.6 Å². The number of sulfonamides is 1. The van der Waals surface area contributed by atoms with Crippen molar-refractivity contribution >= 4 is 43.1 Å². The second-order valence-electron chi connectivity index (χ2n) is 11.3. The molecule has 42 heavy (non-hydrogen) atoms. The van der Waals surface area contributed by atoms with Gasteiger partial charge in [0, 0.05) is 56.4 Å². The third-order valence-electron chi connectivity index (χ3n) is 8.12. The average molecular weight is 616 g/mol. The maximum atomic E-state index is 13.3. The van der Waals surface area contributed by atoms with Gasteiger partial charge in [-0.15, -0.1) is 11.3 Å². The number of thiophene rings is 1. The van der Waals surface area contributed by atoms with E-state index in [-0.39, 0.29) is 18.0 Å². The zero-order valence-corrected chi connectivity index (χ0v) is 25.3. The number of aryl methyl sites for hydroxylation is 1. The topological polar surface area (TPSA) is 69.6 Å². The Balaban J connectivity index is 1.34. The van der Waals surface area contributed by atoms with Gasteiger partial charge in [-0.25, -0.2) is 18.4 Å². The standard InChI is InChI=1S/C30H32F3N5O2S2/c1-19-7-12-24-25(17-19)41-29-26(24)28(34-27(35-29)20-8-10-22(11-9-20)36(2)3)37-13-15-38(16-14-37)42(39,40)23-6-4-5-21(18-23)30(31,32)33/h4-6,8-11,18-19H,7,12-17H2,1-3H3. The lowest BCUT2D eigenvalue weighted by Gasteiger charge is -2.35. The number of nitrogens with zero attached hydrogens (tertiary/aromatic N) is 5. The van der Waals surface area contributed by atoms with Crippen LogP contribution in [0.25, 0.3) is 21.6 Å². The molecule has 1 fully saturated rings. The first-order chi connectivity index (χ1) is 19.9. The third-order valence-corrected chi connectivity index (χ3v) is 11.2. The third kappa shape index (κ3) is 5.35. The van der Waals surface area contributed by atoms with E-state index in [0.717, 1.165) is 58.7 Å². The van der Waals surface area contributed by atoms with Crippen molar-refractivity contribution in [3.63, 3.8) is 0 Å². The quantitative estimate of drug-likeness (QED) is 0.271. The van der Waals surface area contributed by atoms with Crippen LogP contribution in [0.1, 0.15) is 29.3 Å². The van der Waals surface area contributed by atoms with Gasteiger partial charge in [0.15, 0.2) is 5.82 Å². The molecule has 0 amide bonds. The summed E-state index contributed by atoms with van der Waals surface area (Å²) in [5.74, 6) is 2.02. The summed E-state index contributed by atoms with van der Waals surface area (Å²) in [5, 5.41) is 1.05. The van der Waals surface area contributed by atoms with Crippen molar-refractivity contribution in [1.82, 2.24) is 14.3 Å². The van der Waals surface area contributed by atoms with Crippen LogP contribution in [0.2, 0.25) is 0 Å². The predicted molar refractivity (Wildman–Crippen MR) is 161 cm³/mol. The van der Waals surface area contributed by atoms with Crippen LogP contribution in [0.5, 0.6) is 0 Å². The normalized spacial score (nSPS) is 18.3. The van der Waals surface area contributed by atoms with Gasteiger partial charge in [-0.05, 0) is 73.2 Å². The van der Waals surface area contributed by atoms with Crippen LogP contribution >= 0.6 is 11.3 Å². The number of hydrogen-bond donors (Lipinski definition) is 0. The van der Waals surface area contributed by atoms with Crippen molar-refractivity contribution in [2.75, 3.05) is 50.1 Å². The summed E-state index contributed by atoms with van der Waals surface area (Å²) in [4.78, 5) is 16.1. The van der Waals surface area contributed by atoms with Crippen LogP contribution in [0, 0.1) is 5.92 Å². The van der Waals surface area contributed by atoms with Crippen LogP contribution in [0.4, 0.5) is 24.7 Å². The fraction of sp³-hybridized carbons (Fsp3) is 0.400. The van der Waals surface area contributed by atoms with E-state index in [1.54, 1.807) is 11.3 Å².